The third kappa shape index (κ3) is 3.98. The highest BCUT2D eigenvalue weighted by Gasteiger charge is 2.09. The molecule has 4 nitrogen and oxygen atoms in total. The Labute approximate surface area is 124 Å². The first-order valence-corrected chi connectivity index (χ1v) is 7.10. The summed E-state index contributed by atoms with van der Waals surface area (Å²) in [4.78, 5) is 8.93. The Morgan fingerprint density at radius 1 is 1.19 bits per heavy atom. The van der Waals surface area contributed by atoms with E-state index in [-0.39, 0.29) is 5.82 Å². The minimum atomic E-state index is -0.244. The highest BCUT2D eigenvalue weighted by atomic mass is 19.1. The molecule has 2 aromatic rings. The van der Waals surface area contributed by atoms with Crippen LogP contribution in [0.25, 0.3) is 11.3 Å². The van der Waals surface area contributed by atoms with Gasteiger partial charge in [-0.15, -0.1) is 0 Å². The first-order chi connectivity index (χ1) is 10.1. The fourth-order valence-electron chi connectivity index (χ4n) is 2.08. The average molecular weight is 289 g/mol. The van der Waals surface area contributed by atoms with Gasteiger partial charge in [0.1, 0.15) is 18.2 Å². The van der Waals surface area contributed by atoms with Crippen molar-refractivity contribution >= 4 is 5.82 Å². The fourth-order valence-corrected chi connectivity index (χ4v) is 2.08. The van der Waals surface area contributed by atoms with Crippen molar-refractivity contribution in [1.82, 2.24) is 9.97 Å². The zero-order chi connectivity index (χ0) is 15.2. The lowest BCUT2D eigenvalue weighted by atomic mass is 10.1. The van der Waals surface area contributed by atoms with Crippen LogP contribution >= 0.6 is 0 Å². The van der Waals surface area contributed by atoms with Crippen molar-refractivity contribution < 1.29 is 9.13 Å². The molecule has 1 N–H and O–H groups in total. The van der Waals surface area contributed by atoms with E-state index in [0.717, 1.165) is 29.2 Å². The number of benzene rings is 1. The zero-order valence-corrected chi connectivity index (χ0v) is 12.6. The first kappa shape index (κ1) is 15.4. The minimum absolute atomic E-state index is 0.244. The van der Waals surface area contributed by atoms with E-state index in [0.29, 0.717) is 19.0 Å². The summed E-state index contributed by atoms with van der Waals surface area (Å²) in [5, 5.41) is 3.18. The van der Waals surface area contributed by atoms with Crippen LogP contribution in [0, 0.1) is 12.7 Å². The van der Waals surface area contributed by atoms with Gasteiger partial charge in [-0.05, 0) is 44.5 Å². The van der Waals surface area contributed by atoms with Gasteiger partial charge in [-0.1, -0.05) is 0 Å². The Morgan fingerprint density at radius 3 is 2.67 bits per heavy atom. The van der Waals surface area contributed by atoms with Gasteiger partial charge in [-0.3, -0.25) is 0 Å². The number of halogens is 1. The monoisotopic (exact) mass is 289 g/mol. The summed E-state index contributed by atoms with van der Waals surface area (Å²) >= 11 is 0. The minimum Gasteiger partial charge on any atom is -0.374 e. The number of anilines is 1. The summed E-state index contributed by atoms with van der Waals surface area (Å²) in [6.45, 7) is 7.55. The number of hydrogen-bond acceptors (Lipinski definition) is 4. The van der Waals surface area contributed by atoms with Gasteiger partial charge in [0, 0.05) is 24.8 Å². The molecular weight excluding hydrogens is 269 g/mol. The van der Waals surface area contributed by atoms with Crippen LogP contribution in [0.15, 0.2) is 24.3 Å². The van der Waals surface area contributed by atoms with Crippen molar-refractivity contribution in [2.45, 2.75) is 27.4 Å². The number of aromatic nitrogens is 2. The number of nitrogens with zero attached hydrogens (tertiary/aromatic N) is 2. The lowest BCUT2D eigenvalue weighted by Gasteiger charge is -2.11. The summed E-state index contributed by atoms with van der Waals surface area (Å²) in [7, 11) is 0. The van der Waals surface area contributed by atoms with E-state index in [9.17, 15) is 4.39 Å². The molecule has 5 heteroatoms. The normalized spacial score (nSPS) is 10.7. The molecule has 1 aromatic heterocycles. The number of hydrogen-bond donors (Lipinski definition) is 1. The van der Waals surface area contributed by atoms with Gasteiger partial charge in [-0.2, -0.15) is 0 Å². The van der Waals surface area contributed by atoms with Crippen molar-refractivity contribution in [3.8, 4) is 11.3 Å². The van der Waals surface area contributed by atoms with Gasteiger partial charge in [0.05, 0.1) is 5.69 Å². The van der Waals surface area contributed by atoms with Gasteiger partial charge in [-0.25, -0.2) is 14.4 Å². The van der Waals surface area contributed by atoms with Crippen molar-refractivity contribution in [1.29, 1.82) is 0 Å². The van der Waals surface area contributed by atoms with Crippen LogP contribution < -0.4 is 5.32 Å². The Bertz CT molecular complexity index is 616. The van der Waals surface area contributed by atoms with Crippen LogP contribution in [0.2, 0.25) is 0 Å². The van der Waals surface area contributed by atoms with Gasteiger partial charge < -0.3 is 10.1 Å². The molecule has 1 aromatic carbocycles. The second-order valence-corrected chi connectivity index (χ2v) is 4.68. The number of aryl methyl sites for hydroxylation is 1. The Balaban J connectivity index is 2.43. The van der Waals surface area contributed by atoms with Crippen LogP contribution in [0.3, 0.4) is 0 Å². The maximum absolute atomic E-state index is 13.2. The molecular formula is C16H20FN3O. The molecule has 0 aliphatic heterocycles. The molecule has 2 rings (SSSR count). The molecule has 0 fully saturated rings. The molecule has 0 radical (unpaired) electrons. The molecule has 0 aliphatic carbocycles. The van der Waals surface area contributed by atoms with E-state index in [2.05, 4.69) is 15.3 Å². The third-order valence-corrected chi connectivity index (χ3v) is 3.03. The molecule has 1 heterocycles. The summed E-state index contributed by atoms with van der Waals surface area (Å²) in [5.74, 6) is 1.13. The molecule has 0 unspecified atom stereocenters. The average Bonchev–Trinajstić information content (AvgIpc) is 2.45. The smallest absolute Gasteiger partial charge is 0.157 e. The molecule has 0 spiro atoms. The predicted octanol–water partition coefficient (Wildman–Crippen LogP) is 3.56. The van der Waals surface area contributed by atoms with Crippen LogP contribution in [-0.2, 0) is 11.3 Å². The summed E-state index contributed by atoms with van der Waals surface area (Å²) < 4.78 is 18.6. The summed E-state index contributed by atoms with van der Waals surface area (Å²) in [6, 6.07) is 6.57. The van der Waals surface area contributed by atoms with Crippen LogP contribution in [0.5, 0.6) is 0 Å². The largest absolute Gasteiger partial charge is 0.374 e. The van der Waals surface area contributed by atoms with E-state index in [1.807, 2.05) is 26.8 Å². The molecule has 0 saturated carbocycles. The SMILES string of the molecule is CCNc1cc(-c2ccc(F)cc2C)nc(COCC)n1. The van der Waals surface area contributed by atoms with E-state index >= 15 is 0 Å². The van der Waals surface area contributed by atoms with Gasteiger partial charge in [0.25, 0.3) is 0 Å². The fraction of sp³-hybridized carbons (Fsp3) is 0.375. The van der Waals surface area contributed by atoms with Crippen LogP contribution in [0.4, 0.5) is 10.2 Å². The zero-order valence-electron chi connectivity index (χ0n) is 12.6. The highest BCUT2D eigenvalue weighted by molar-refractivity contribution is 5.66. The molecule has 0 bridgehead atoms. The van der Waals surface area contributed by atoms with Gasteiger partial charge in [0.15, 0.2) is 5.82 Å². The molecule has 112 valence electrons. The molecule has 0 atom stereocenters. The van der Waals surface area contributed by atoms with E-state index < -0.39 is 0 Å². The van der Waals surface area contributed by atoms with Crippen molar-refractivity contribution in [3.63, 3.8) is 0 Å². The van der Waals surface area contributed by atoms with Crippen LogP contribution in [0.1, 0.15) is 25.2 Å². The summed E-state index contributed by atoms with van der Waals surface area (Å²) in [6.07, 6.45) is 0. The molecule has 0 aliphatic rings. The number of rotatable bonds is 6. The van der Waals surface area contributed by atoms with Crippen molar-refractivity contribution in [2.75, 3.05) is 18.5 Å². The summed E-state index contributed by atoms with van der Waals surface area (Å²) in [5.41, 5.74) is 2.52. The maximum atomic E-state index is 13.2. The highest BCUT2D eigenvalue weighted by Crippen LogP contribution is 2.24. The second-order valence-electron chi connectivity index (χ2n) is 4.68. The third-order valence-electron chi connectivity index (χ3n) is 3.03. The predicted molar refractivity (Wildman–Crippen MR) is 81.7 cm³/mol. The lowest BCUT2D eigenvalue weighted by Crippen LogP contribution is -2.06. The molecule has 0 saturated heterocycles. The van der Waals surface area contributed by atoms with E-state index in [1.165, 1.54) is 12.1 Å². The number of ether oxygens (including phenoxy) is 1. The Kier molecular flexibility index (Phi) is 5.22. The van der Waals surface area contributed by atoms with Gasteiger partial charge >= 0.3 is 0 Å². The van der Waals surface area contributed by atoms with Crippen LogP contribution in [-0.4, -0.2) is 23.1 Å². The quantitative estimate of drug-likeness (QED) is 0.883. The maximum Gasteiger partial charge on any atom is 0.157 e. The topological polar surface area (TPSA) is 47.0 Å². The Morgan fingerprint density at radius 2 is 2.00 bits per heavy atom. The van der Waals surface area contributed by atoms with Crippen molar-refractivity contribution in [2.24, 2.45) is 0 Å². The lowest BCUT2D eigenvalue weighted by molar-refractivity contribution is 0.128. The standard InChI is InChI=1S/C16H20FN3O/c1-4-18-15-9-14(19-16(20-15)10-21-5-2)13-7-6-12(17)8-11(13)3/h6-9H,4-5,10H2,1-3H3,(H,18,19,20). The molecule has 21 heavy (non-hydrogen) atoms. The first-order valence-electron chi connectivity index (χ1n) is 7.10. The number of nitrogens with one attached hydrogen (secondary N) is 1. The second kappa shape index (κ2) is 7.13. The van der Waals surface area contributed by atoms with Crippen molar-refractivity contribution in [3.05, 3.63) is 41.5 Å². The van der Waals surface area contributed by atoms with E-state index in [4.69, 9.17) is 4.74 Å². The van der Waals surface area contributed by atoms with E-state index in [1.54, 1.807) is 6.07 Å². The van der Waals surface area contributed by atoms with Gasteiger partial charge in [0.2, 0.25) is 0 Å². The Hall–Kier alpha value is -2.01. The molecule has 0 amide bonds.